The third-order valence-electron chi connectivity index (χ3n) is 7.00. The van der Waals surface area contributed by atoms with Crippen LogP contribution in [0, 0.1) is 5.92 Å². The van der Waals surface area contributed by atoms with E-state index in [2.05, 4.69) is 5.32 Å². The van der Waals surface area contributed by atoms with Crippen molar-refractivity contribution < 1.29 is 38.8 Å². The van der Waals surface area contributed by atoms with Crippen LogP contribution in [0.5, 0.6) is 11.5 Å². The lowest BCUT2D eigenvalue weighted by molar-refractivity contribution is -0.139. The number of carbonyl (C=O) groups excluding carboxylic acids is 2. The van der Waals surface area contributed by atoms with Gasteiger partial charge in [0.1, 0.15) is 12.2 Å². The van der Waals surface area contributed by atoms with Crippen LogP contribution in [-0.4, -0.2) is 70.5 Å². The summed E-state index contributed by atoms with van der Waals surface area (Å²) < 4.78 is 16.9. The van der Waals surface area contributed by atoms with Crippen molar-refractivity contribution >= 4 is 11.8 Å². The summed E-state index contributed by atoms with van der Waals surface area (Å²) in [5.74, 6) is -0.522. The van der Waals surface area contributed by atoms with Gasteiger partial charge in [-0.15, -0.1) is 0 Å². The van der Waals surface area contributed by atoms with Gasteiger partial charge in [-0.3, -0.25) is 9.59 Å². The second-order valence-corrected chi connectivity index (χ2v) is 9.39. The summed E-state index contributed by atoms with van der Waals surface area (Å²) in [6.07, 6.45) is 4.26. The number of methoxy groups -OCH3 is 1. The summed E-state index contributed by atoms with van der Waals surface area (Å²) in [4.78, 5) is 28.2. The maximum absolute atomic E-state index is 13.4. The van der Waals surface area contributed by atoms with Crippen molar-refractivity contribution in [1.82, 2.24) is 10.2 Å². The van der Waals surface area contributed by atoms with E-state index in [0.717, 1.165) is 18.4 Å². The first-order valence-corrected chi connectivity index (χ1v) is 12.1. The van der Waals surface area contributed by atoms with Crippen molar-refractivity contribution in [2.75, 3.05) is 20.3 Å². The van der Waals surface area contributed by atoms with Crippen LogP contribution in [0.2, 0.25) is 0 Å². The normalized spacial score (nSPS) is 24.3. The molecule has 4 N–H and O–H groups in total. The number of fused-ring (bicyclic) bond motifs is 3. The molecule has 0 spiro atoms. The maximum atomic E-state index is 13.4. The number of hydrogen-bond acceptors (Lipinski definition) is 8. The number of rotatable bonds is 9. The van der Waals surface area contributed by atoms with Crippen LogP contribution in [-0.2, 0) is 22.7 Å². The lowest BCUT2D eigenvalue weighted by Gasteiger charge is -2.40. The minimum absolute atomic E-state index is 0.0498. The van der Waals surface area contributed by atoms with E-state index in [4.69, 9.17) is 13.9 Å². The van der Waals surface area contributed by atoms with Gasteiger partial charge in [0.05, 0.1) is 44.8 Å². The molecule has 2 heterocycles. The molecule has 1 aromatic heterocycles. The van der Waals surface area contributed by atoms with E-state index in [0.29, 0.717) is 28.2 Å². The predicted molar refractivity (Wildman–Crippen MR) is 126 cm³/mol. The largest absolute Gasteiger partial charge is 0.493 e. The number of ether oxygens (including phenoxy) is 2. The van der Waals surface area contributed by atoms with E-state index in [9.17, 15) is 24.9 Å². The maximum Gasteiger partial charge on any atom is 0.247 e. The predicted octanol–water partition coefficient (Wildman–Crippen LogP) is 0.842. The molecule has 2 aliphatic carbocycles. The standard InChI is InChI=1S/C26H30N2O8/c1-34-20-9-15(12-30)8-17-21-18(25(32)27-5-6-29)10-19(22(31)24(21)36-23(17)20)28(26(33)16-2-3-16)11-14-4-7-35-13-14/h4,7-10,13,16,19,21-22,24,29-31H,2-3,5-6,11-12H2,1H3,(H,27,32). The van der Waals surface area contributed by atoms with Gasteiger partial charge in [0, 0.05) is 35.7 Å². The Morgan fingerprint density at radius 2 is 2.03 bits per heavy atom. The number of nitrogens with one attached hydrogen (secondary N) is 1. The molecule has 5 rings (SSSR count). The van der Waals surface area contributed by atoms with Crippen molar-refractivity contribution in [3.63, 3.8) is 0 Å². The van der Waals surface area contributed by atoms with Gasteiger partial charge >= 0.3 is 0 Å². The number of benzene rings is 1. The number of hydrogen-bond donors (Lipinski definition) is 4. The fraction of sp³-hybridized carbons (Fsp3) is 0.462. The molecule has 192 valence electrons. The molecule has 10 heteroatoms. The molecule has 2 amide bonds. The van der Waals surface area contributed by atoms with Gasteiger partial charge in [-0.05, 0) is 42.7 Å². The van der Waals surface area contributed by atoms with E-state index in [1.54, 1.807) is 35.4 Å². The average molecular weight is 499 g/mol. The van der Waals surface area contributed by atoms with Crippen LogP contribution in [0.4, 0.5) is 0 Å². The quantitative estimate of drug-likeness (QED) is 0.399. The number of furan rings is 1. The average Bonchev–Trinajstić information content (AvgIpc) is 3.48. The first-order chi connectivity index (χ1) is 17.5. The molecule has 1 aliphatic heterocycles. The summed E-state index contributed by atoms with van der Waals surface area (Å²) in [6, 6.07) is 4.31. The Kier molecular flexibility index (Phi) is 6.74. The van der Waals surface area contributed by atoms with Crippen molar-refractivity contribution in [3.8, 4) is 11.5 Å². The van der Waals surface area contributed by atoms with Crippen LogP contribution in [0.3, 0.4) is 0 Å². The number of nitrogens with zero attached hydrogens (tertiary/aromatic N) is 1. The highest BCUT2D eigenvalue weighted by molar-refractivity contribution is 5.96. The molecular weight excluding hydrogens is 468 g/mol. The Balaban J connectivity index is 1.59. The zero-order valence-corrected chi connectivity index (χ0v) is 19.9. The van der Waals surface area contributed by atoms with Crippen molar-refractivity contribution in [1.29, 1.82) is 0 Å². The van der Waals surface area contributed by atoms with E-state index in [-0.39, 0.29) is 38.1 Å². The third-order valence-corrected chi connectivity index (χ3v) is 7.00. The monoisotopic (exact) mass is 498 g/mol. The van der Waals surface area contributed by atoms with Crippen LogP contribution in [0.15, 0.2) is 46.8 Å². The molecule has 4 atom stereocenters. The van der Waals surface area contributed by atoms with Gasteiger partial charge in [0.25, 0.3) is 0 Å². The number of aliphatic hydroxyl groups is 3. The van der Waals surface area contributed by atoms with Gasteiger partial charge < -0.3 is 39.4 Å². The lowest BCUT2D eigenvalue weighted by Crippen LogP contribution is -2.55. The number of carbonyl (C=O) groups is 2. The number of amides is 2. The van der Waals surface area contributed by atoms with Crippen LogP contribution in [0.25, 0.3) is 0 Å². The molecule has 4 unspecified atom stereocenters. The Bertz CT molecular complexity index is 1160. The summed E-state index contributed by atoms with van der Waals surface area (Å²) in [5, 5.41) is 33.3. The Morgan fingerprint density at radius 3 is 2.67 bits per heavy atom. The highest BCUT2D eigenvalue weighted by atomic mass is 16.5. The van der Waals surface area contributed by atoms with Gasteiger partial charge in [-0.1, -0.05) is 0 Å². The lowest BCUT2D eigenvalue weighted by atomic mass is 9.77. The first-order valence-electron chi connectivity index (χ1n) is 12.1. The van der Waals surface area contributed by atoms with Gasteiger partial charge in [0.15, 0.2) is 11.5 Å². The molecule has 3 aliphatic rings. The smallest absolute Gasteiger partial charge is 0.247 e. The van der Waals surface area contributed by atoms with Gasteiger partial charge in [-0.2, -0.15) is 0 Å². The minimum Gasteiger partial charge on any atom is -0.493 e. The molecule has 1 aromatic carbocycles. The third kappa shape index (κ3) is 4.36. The Labute approximate surface area is 208 Å². The van der Waals surface area contributed by atoms with E-state index in [1.165, 1.54) is 13.4 Å². The minimum atomic E-state index is -1.14. The first kappa shape index (κ1) is 24.4. The summed E-state index contributed by atoms with van der Waals surface area (Å²) in [7, 11) is 1.48. The van der Waals surface area contributed by atoms with Crippen molar-refractivity contribution in [2.24, 2.45) is 5.92 Å². The zero-order chi connectivity index (χ0) is 25.4. The van der Waals surface area contributed by atoms with Crippen LogP contribution < -0.4 is 14.8 Å². The molecule has 0 saturated heterocycles. The van der Waals surface area contributed by atoms with E-state index < -0.39 is 30.1 Å². The van der Waals surface area contributed by atoms with Gasteiger partial charge in [-0.25, -0.2) is 0 Å². The summed E-state index contributed by atoms with van der Waals surface area (Å²) in [5.41, 5.74) is 2.27. The van der Waals surface area contributed by atoms with E-state index in [1.807, 2.05) is 0 Å². The van der Waals surface area contributed by atoms with Crippen molar-refractivity contribution in [2.45, 2.75) is 50.2 Å². The Morgan fingerprint density at radius 1 is 1.22 bits per heavy atom. The molecule has 0 bridgehead atoms. The van der Waals surface area contributed by atoms with Crippen LogP contribution in [0.1, 0.15) is 35.4 Å². The second-order valence-electron chi connectivity index (χ2n) is 9.39. The van der Waals surface area contributed by atoms with Gasteiger partial charge in [0.2, 0.25) is 11.8 Å². The molecular formula is C26H30N2O8. The van der Waals surface area contributed by atoms with E-state index >= 15 is 0 Å². The molecule has 1 fully saturated rings. The zero-order valence-electron chi connectivity index (χ0n) is 19.9. The highest BCUT2D eigenvalue weighted by Gasteiger charge is 2.52. The fourth-order valence-electron chi connectivity index (χ4n) is 5.09. The molecule has 2 aromatic rings. The highest BCUT2D eigenvalue weighted by Crippen LogP contribution is 2.51. The number of aliphatic hydroxyl groups excluding tert-OH is 3. The fourth-order valence-corrected chi connectivity index (χ4v) is 5.09. The topological polar surface area (TPSA) is 142 Å². The SMILES string of the molecule is COc1cc(CO)cc2c1OC1C2C(C(=O)NCCO)=CC(N(Cc2ccoc2)C(=O)C2CC2)C1O. The summed E-state index contributed by atoms with van der Waals surface area (Å²) >= 11 is 0. The molecule has 1 saturated carbocycles. The molecule has 10 nitrogen and oxygen atoms in total. The van der Waals surface area contributed by atoms with Crippen molar-refractivity contribution in [3.05, 3.63) is 59.1 Å². The second kappa shape index (κ2) is 9.96. The molecule has 0 radical (unpaired) electrons. The Hall–Kier alpha value is -3.34. The summed E-state index contributed by atoms with van der Waals surface area (Å²) in [6.45, 7) is -0.218. The molecule has 36 heavy (non-hydrogen) atoms. The van der Waals surface area contributed by atoms with Crippen LogP contribution >= 0.6 is 0 Å².